The lowest BCUT2D eigenvalue weighted by Crippen LogP contribution is -2.43. The maximum atomic E-state index is 12.9. The van der Waals surface area contributed by atoms with E-state index in [2.05, 4.69) is 10.4 Å². The van der Waals surface area contributed by atoms with Gasteiger partial charge in [-0.15, -0.1) is 5.01 Å². The van der Waals surface area contributed by atoms with Gasteiger partial charge in [-0.1, -0.05) is 48.9 Å². The third-order valence-corrected chi connectivity index (χ3v) is 4.71. The average Bonchev–Trinajstić information content (AvgIpc) is 2.92. The highest BCUT2D eigenvalue weighted by molar-refractivity contribution is 6.33. The van der Waals surface area contributed by atoms with Gasteiger partial charge in [0.1, 0.15) is 5.54 Å². The van der Waals surface area contributed by atoms with Crippen molar-refractivity contribution in [2.45, 2.75) is 18.9 Å². The summed E-state index contributed by atoms with van der Waals surface area (Å²) in [6.07, 6.45) is 1.49. The Morgan fingerprint density at radius 1 is 1.26 bits per heavy atom. The first kappa shape index (κ1) is 18.5. The minimum absolute atomic E-state index is 0.176. The SMILES string of the molecule is CC[C@@]1(c2ccccc2)NC(=O)N(/N=C\c2cc([N+](=O)[O-])ccc2Cl)C1=O. The van der Waals surface area contributed by atoms with Crippen LogP contribution in [0.1, 0.15) is 24.5 Å². The highest BCUT2D eigenvalue weighted by Crippen LogP contribution is 2.32. The largest absolute Gasteiger partial charge is 0.346 e. The summed E-state index contributed by atoms with van der Waals surface area (Å²) >= 11 is 6.02. The van der Waals surface area contributed by atoms with Crippen LogP contribution in [0.3, 0.4) is 0 Å². The van der Waals surface area contributed by atoms with Gasteiger partial charge < -0.3 is 5.32 Å². The number of amides is 3. The van der Waals surface area contributed by atoms with Gasteiger partial charge in [-0.3, -0.25) is 14.9 Å². The Kier molecular flexibility index (Phi) is 4.91. The van der Waals surface area contributed by atoms with Crippen molar-refractivity contribution >= 4 is 35.4 Å². The zero-order valence-electron chi connectivity index (χ0n) is 14.3. The molecule has 1 aliphatic rings. The minimum atomic E-state index is -1.21. The fourth-order valence-corrected chi connectivity index (χ4v) is 3.06. The molecule has 2 aromatic carbocycles. The molecule has 1 saturated heterocycles. The summed E-state index contributed by atoms with van der Waals surface area (Å²) in [6, 6.07) is 12.0. The number of hydrogen-bond donors (Lipinski definition) is 1. The molecule has 1 aliphatic heterocycles. The Morgan fingerprint density at radius 2 is 1.96 bits per heavy atom. The van der Waals surface area contributed by atoms with Crippen LogP contribution in [0.5, 0.6) is 0 Å². The molecule has 3 rings (SSSR count). The monoisotopic (exact) mass is 386 g/mol. The van der Waals surface area contributed by atoms with Crippen LogP contribution in [0.2, 0.25) is 5.02 Å². The Morgan fingerprint density at radius 3 is 2.59 bits per heavy atom. The zero-order valence-corrected chi connectivity index (χ0v) is 15.0. The number of nitrogens with zero attached hydrogens (tertiary/aromatic N) is 3. The fourth-order valence-electron chi connectivity index (χ4n) is 2.89. The number of nitro benzene ring substituents is 1. The van der Waals surface area contributed by atoms with Crippen molar-refractivity contribution in [1.82, 2.24) is 10.3 Å². The number of halogens is 1. The molecule has 9 heteroatoms. The number of carbonyl (C=O) groups is 2. The van der Waals surface area contributed by atoms with Crippen LogP contribution < -0.4 is 5.32 Å². The molecule has 0 spiro atoms. The second kappa shape index (κ2) is 7.16. The van der Waals surface area contributed by atoms with Gasteiger partial charge in [-0.05, 0) is 18.1 Å². The second-order valence-electron chi connectivity index (χ2n) is 5.88. The van der Waals surface area contributed by atoms with Gasteiger partial charge in [-0.25, -0.2) is 4.79 Å². The Labute approximate surface area is 159 Å². The number of non-ortho nitro benzene ring substituents is 1. The summed E-state index contributed by atoms with van der Waals surface area (Å²) in [4.78, 5) is 35.6. The minimum Gasteiger partial charge on any atom is -0.318 e. The molecular formula is C18H15ClN4O4. The summed E-state index contributed by atoms with van der Waals surface area (Å²) < 4.78 is 0. The standard InChI is InChI=1S/C18H15ClN4O4/c1-2-18(13-6-4-3-5-7-13)16(24)22(17(25)21-18)20-11-12-10-14(23(26)27)8-9-15(12)19/h3-11H,2H2,1H3,(H,21,25)/b20-11-/t18-/m0/s1. The van der Waals surface area contributed by atoms with E-state index in [1.165, 1.54) is 18.2 Å². The number of urea groups is 1. The highest BCUT2D eigenvalue weighted by Gasteiger charge is 2.51. The van der Waals surface area contributed by atoms with E-state index in [9.17, 15) is 19.7 Å². The first-order valence-electron chi connectivity index (χ1n) is 8.09. The van der Waals surface area contributed by atoms with Gasteiger partial charge in [0.2, 0.25) is 0 Å². The second-order valence-corrected chi connectivity index (χ2v) is 6.29. The molecule has 1 atom stereocenters. The van der Waals surface area contributed by atoms with Gasteiger partial charge in [0.25, 0.3) is 11.6 Å². The number of nitro groups is 1. The number of benzene rings is 2. The summed E-state index contributed by atoms with van der Waals surface area (Å²) in [5.74, 6) is -0.529. The summed E-state index contributed by atoms with van der Waals surface area (Å²) in [5, 5.41) is 18.4. The Balaban J connectivity index is 1.94. The average molecular weight is 387 g/mol. The number of carbonyl (C=O) groups excluding carboxylic acids is 2. The van der Waals surface area contributed by atoms with Gasteiger partial charge in [0.05, 0.1) is 11.1 Å². The van der Waals surface area contributed by atoms with Crippen molar-refractivity contribution in [2.24, 2.45) is 5.10 Å². The Bertz CT molecular complexity index is 948. The molecule has 8 nitrogen and oxygen atoms in total. The lowest BCUT2D eigenvalue weighted by Gasteiger charge is -2.24. The topological polar surface area (TPSA) is 105 Å². The highest BCUT2D eigenvalue weighted by atomic mass is 35.5. The van der Waals surface area contributed by atoms with Crippen molar-refractivity contribution in [2.75, 3.05) is 0 Å². The third-order valence-electron chi connectivity index (χ3n) is 4.37. The Hall–Kier alpha value is -3.26. The molecule has 1 N–H and O–H groups in total. The zero-order chi connectivity index (χ0) is 19.6. The third kappa shape index (κ3) is 3.26. The van der Waals surface area contributed by atoms with Crippen molar-refractivity contribution < 1.29 is 14.5 Å². The summed E-state index contributed by atoms with van der Waals surface area (Å²) in [7, 11) is 0. The van der Waals surface area contributed by atoms with E-state index in [0.29, 0.717) is 17.0 Å². The number of imide groups is 1. The van der Waals surface area contributed by atoms with Crippen LogP contribution >= 0.6 is 11.6 Å². The quantitative estimate of drug-likeness (QED) is 0.367. The smallest absolute Gasteiger partial charge is 0.318 e. The first-order valence-corrected chi connectivity index (χ1v) is 8.47. The molecule has 0 aromatic heterocycles. The van der Waals surface area contributed by atoms with Crippen molar-refractivity contribution in [3.05, 3.63) is 74.8 Å². The van der Waals surface area contributed by atoms with E-state index in [0.717, 1.165) is 6.21 Å². The number of hydrazone groups is 1. The van der Waals surface area contributed by atoms with E-state index in [1.807, 2.05) is 6.07 Å². The lowest BCUT2D eigenvalue weighted by molar-refractivity contribution is -0.384. The van der Waals surface area contributed by atoms with Gasteiger partial charge in [0, 0.05) is 22.7 Å². The van der Waals surface area contributed by atoms with Gasteiger partial charge >= 0.3 is 6.03 Å². The molecule has 0 saturated carbocycles. The lowest BCUT2D eigenvalue weighted by atomic mass is 9.87. The van der Waals surface area contributed by atoms with E-state index >= 15 is 0 Å². The molecule has 0 bridgehead atoms. The molecule has 1 fully saturated rings. The van der Waals surface area contributed by atoms with Crippen molar-refractivity contribution in [1.29, 1.82) is 0 Å². The number of hydrogen-bond acceptors (Lipinski definition) is 5. The molecule has 138 valence electrons. The summed E-state index contributed by atoms with van der Waals surface area (Å²) in [6.45, 7) is 1.79. The molecule has 0 unspecified atom stereocenters. The molecule has 0 radical (unpaired) electrons. The van der Waals surface area contributed by atoms with Crippen LogP contribution in [-0.4, -0.2) is 28.1 Å². The van der Waals surface area contributed by atoms with Crippen LogP contribution in [0.4, 0.5) is 10.5 Å². The normalized spacial score (nSPS) is 19.6. The van der Waals surface area contributed by atoms with E-state index in [1.54, 1.807) is 31.2 Å². The molecule has 1 heterocycles. The molecule has 2 aromatic rings. The number of nitrogens with one attached hydrogen (secondary N) is 1. The van der Waals surface area contributed by atoms with E-state index in [4.69, 9.17) is 11.6 Å². The van der Waals surface area contributed by atoms with Crippen molar-refractivity contribution in [3.63, 3.8) is 0 Å². The van der Waals surface area contributed by atoms with E-state index < -0.39 is 22.4 Å². The van der Waals surface area contributed by atoms with Crippen LogP contribution in [-0.2, 0) is 10.3 Å². The first-order chi connectivity index (χ1) is 12.9. The van der Waals surface area contributed by atoms with Crippen LogP contribution in [0.15, 0.2) is 53.6 Å². The molecular weight excluding hydrogens is 372 g/mol. The summed E-state index contributed by atoms with van der Waals surface area (Å²) in [5.41, 5.74) is -0.510. The predicted octanol–water partition coefficient (Wildman–Crippen LogP) is 3.44. The predicted molar refractivity (Wildman–Crippen MR) is 99.5 cm³/mol. The van der Waals surface area contributed by atoms with Gasteiger partial charge in [0.15, 0.2) is 0 Å². The molecule has 0 aliphatic carbocycles. The van der Waals surface area contributed by atoms with Crippen molar-refractivity contribution in [3.8, 4) is 0 Å². The van der Waals surface area contributed by atoms with Crippen LogP contribution in [0, 0.1) is 10.1 Å². The molecule has 3 amide bonds. The fraction of sp³-hybridized carbons (Fsp3) is 0.167. The van der Waals surface area contributed by atoms with Gasteiger partial charge in [-0.2, -0.15) is 5.10 Å². The van der Waals surface area contributed by atoms with Crippen LogP contribution in [0.25, 0.3) is 0 Å². The maximum absolute atomic E-state index is 12.9. The number of rotatable bonds is 5. The van der Waals surface area contributed by atoms with E-state index in [-0.39, 0.29) is 16.3 Å². The molecule has 27 heavy (non-hydrogen) atoms. The maximum Gasteiger partial charge on any atom is 0.346 e.